The van der Waals surface area contributed by atoms with E-state index in [0.717, 1.165) is 22.7 Å². The lowest BCUT2D eigenvalue weighted by Crippen LogP contribution is -2.12. The summed E-state index contributed by atoms with van der Waals surface area (Å²) in [5.41, 5.74) is 3.09. The van der Waals surface area contributed by atoms with Crippen LogP contribution >= 0.6 is 23.3 Å². The smallest absolute Gasteiger partial charge is 0.304 e. The number of hydrogen-bond donors (Lipinski definition) is 2. The van der Waals surface area contributed by atoms with Gasteiger partial charge in [-0.25, -0.2) is 0 Å². The third kappa shape index (κ3) is 4.85. The summed E-state index contributed by atoms with van der Waals surface area (Å²) in [5.74, 6) is 0.344. The zero-order valence-electron chi connectivity index (χ0n) is 12.0. The molecule has 0 atom stereocenters. The monoisotopic (exact) mass is 336 g/mol. The van der Waals surface area contributed by atoms with Crippen LogP contribution in [0.3, 0.4) is 0 Å². The molecule has 0 bridgehead atoms. The molecule has 2 aromatic rings. The molecular weight excluding hydrogens is 320 g/mol. The van der Waals surface area contributed by atoms with Crippen LogP contribution in [0.5, 0.6) is 0 Å². The third-order valence-electron chi connectivity index (χ3n) is 2.91. The van der Waals surface area contributed by atoms with Crippen molar-refractivity contribution in [3.8, 4) is 0 Å². The van der Waals surface area contributed by atoms with Crippen molar-refractivity contribution in [1.82, 2.24) is 4.37 Å². The van der Waals surface area contributed by atoms with Crippen molar-refractivity contribution in [3.63, 3.8) is 0 Å². The normalized spacial score (nSPS) is 10.4. The Morgan fingerprint density at radius 2 is 2.23 bits per heavy atom. The lowest BCUT2D eigenvalue weighted by atomic mass is 10.2. The van der Waals surface area contributed by atoms with Gasteiger partial charge in [-0.05, 0) is 36.2 Å². The van der Waals surface area contributed by atoms with Gasteiger partial charge in [-0.15, -0.1) is 0 Å². The molecule has 0 saturated heterocycles. The van der Waals surface area contributed by atoms with Crippen LogP contribution in [0, 0.1) is 6.92 Å². The van der Waals surface area contributed by atoms with E-state index in [2.05, 4.69) is 9.69 Å². The number of hydrogen-bond acceptors (Lipinski definition) is 5. The lowest BCUT2D eigenvalue weighted by molar-refractivity contribution is -0.136. The molecule has 0 spiro atoms. The van der Waals surface area contributed by atoms with Crippen molar-refractivity contribution in [2.45, 2.75) is 19.1 Å². The SMILES string of the molecule is Cc1nscc1C(=O)Nc1cccc(CSCCC(=O)O)c1. The van der Waals surface area contributed by atoms with E-state index in [1.807, 2.05) is 24.3 Å². The standard InChI is InChI=1S/C15H16N2O3S2/c1-10-13(9-22-17-10)15(20)16-12-4-2-3-11(7-12)8-21-6-5-14(18)19/h2-4,7,9H,5-6,8H2,1H3,(H,16,20)(H,18,19). The molecule has 0 aliphatic heterocycles. The molecule has 0 aliphatic carbocycles. The molecule has 0 radical (unpaired) electrons. The Morgan fingerprint density at radius 1 is 1.41 bits per heavy atom. The summed E-state index contributed by atoms with van der Waals surface area (Å²) in [4.78, 5) is 22.6. The Labute approximate surface area is 136 Å². The zero-order chi connectivity index (χ0) is 15.9. The lowest BCUT2D eigenvalue weighted by Gasteiger charge is -2.07. The molecule has 116 valence electrons. The summed E-state index contributed by atoms with van der Waals surface area (Å²) in [7, 11) is 0. The number of aliphatic carboxylic acids is 1. The quantitative estimate of drug-likeness (QED) is 0.758. The highest BCUT2D eigenvalue weighted by atomic mass is 32.2. The molecule has 5 nitrogen and oxygen atoms in total. The van der Waals surface area contributed by atoms with Crippen molar-refractivity contribution in [2.24, 2.45) is 0 Å². The van der Waals surface area contributed by atoms with Crippen LogP contribution < -0.4 is 5.32 Å². The number of nitrogens with zero attached hydrogens (tertiary/aromatic N) is 1. The molecule has 1 amide bonds. The van der Waals surface area contributed by atoms with E-state index < -0.39 is 5.97 Å². The van der Waals surface area contributed by atoms with Gasteiger partial charge in [-0.1, -0.05) is 12.1 Å². The number of anilines is 1. The van der Waals surface area contributed by atoms with E-state index in [1.54, 1.807) is 24.1 Å². The Bertz CT molecular complexity index is 670. The number of carbonyl (C=O) groups is 2. The minimum absolute atomic E-state index is 0.158. The summed E-state index contributed by atoms with van der Waals surface area (Å²) in [6.07, 6.45) is 0.158. The average molecular weight is 336 g/mol. The topological polar surface area (TPSA) is 79.3 Å². The van der Waals surface area contributed by atoms with Crippen LogP contribution in [0.4, 0.5) is 5.69 Å². The summed E-state index contributed by atoms with van der Waals surface area (Å²) in [6.45, 7) is 1.81. The van der Waals surface area contributed by atoms with Gasteiger partial charge < -0.3 is 10.4 Å². The van der Waals surface area contributed by atoms with Crippen molar-refractivity contribution < 1.29 is 14.7 Å². The van der Waals surface area contributed by atoms with E-state index in [9.17, 15) is 9.59 Å². The summed E-state index contributed by atoms with van der Waals surface area (Å²) in [6, 6.07) is 7.57. The number of rotatable bonds is 7. The van der Waals surface area contributed by atoms with E-state index in [0.29, 0.717) is 11.3 Å². The van der Waals surface area contributed by atoms with Crippen LogP contribution in [0.1, 0.15) is 28.0 Å². The molecule has 0 saturated carbocycles. The first kappa shape index (κ1) is 16.5. The maximum Gasteiger partial charge on any atom is 0.304 e. The van der Waals surface area contributed by atoms with Gasteiger partial charge in [0.05, 0.1) is 17.7 Å². The number of aryl methyl sites for hydroxylation is 1. The molecule has 0 aliphatic rings. The van der Waals surface area contributed by atoms with Crippen molar-refractivity contribution in [3.05, 3.63) is 46.5 Å². The highest BCUT2D eigenvalue weighted by Gasteiger charge is 2.11. The van der Waals surface area contributed by atoms with Gasteiger partial charge in [0, 0.05) is 22.6 Å². The highest BCUT2D eigenvalue weighted by molar-refractivity contribution is 7.98. The van der Waals surface area contributed by atoms with Crippen LogP contribution in [-0.4, -0.2) is 27.1 Å². The molecule has 7 heteroatoms. The van der Waals surface area contributed by atoms with Crippen molar-refractivity contribution in [2.75, 3.05) is 11.1 Å². The second-order valence-electron chi connectivity index (χ2n) is 4.66. The average Bonchev–Trinajstić information content (AvgIpc) is 2.90. The Kier molecular flexibility index (Phi) is 5.97. The van der Waals surface area contributed by atoms with Crippen LogP contribution in [0.15, 0.2) is 29.6 Å². The first-order chi connectivity index (χ1) is 10.6. The predicted molar refractivity (Wildman–Crippen MR) is 89.7 cm³/mol. The maximum absolute atomic E-state index is 12.1. The Hall–Kier alpha value is -1.86. The minimum Gasteiger partial charge on any atom is -0.481 e. The van der Waals surface area contributed by atoms with E-state index >= 15 is 0 Å². The maximum atomic E-state index is 12.1. The Morgan fingerprint density at radius 3 is 2.91 bits per heavy atom. The van der Waals surface area contributed by atoms with E-state index in [-0.39, 0.29) is 12.3 Å². The van der Waals surface area contributed by atoms with Gasteiger partial charge in [-0.3, -0.25) is 9.59 Å². The van der Waals surface area contributed by atoms with E-state index in [4.69, 9.17) is 5.11 Å². The number of benzene rings is 1. The fraction of sp³-hybridized carbons (Fsp3) is 0.267. The van der Waals surface area contributed by atoms with Crippen molar-refractivity contribution in [1.29, 1.82) is 0 Å². The molecule has 1 aromatic carbocycles. The van der Waals surface area contributed by atoms with Gasteiger partial charge in [0.1, 0.15) is 0 Å². The van der Waals surface area contributed by atoms with Gasteiger partial charge in [0.15, 0.2) is 0 Å². The third-order valence-corrected chi connectivity index (χ3v) is 4.66. The molecule has 22 heavy (non-hydrogen) atoms. The first-order valence-electron chi connectivity index (χ1n) is 6.67. The summed E-state index contributed by atoms with van der Waals surface area (Å²) in [5, 5.41) is 13.2. The summed E-state index contributed by atoms with van der Waals surface area (Å²) >= 11 is 2.82. The molecule has 1 aromatic heterocycles. The molecule has 0 fully saturated rings. The first-order valence-corrected chi connectivity index (χ1v) is 8.66. The molecule has 1 heterocycles. The van der Waals surface area contributed by atoms with Crippen LogP contribution in [0.25, 0.3) is 0 Å². The number of carboxylic acid groups (broad SMARTS) is 1. The van der Waals surface area contributed by atoms with Gasteiger partial charge in [0.25, 0.3) is 5.91 Å². The number of carboxylic acids is 1. The Balaban J connectivity index is 1.92. The number of thioether (sulfide) groups is 1. The fourth-order valence-electron chi connectivity index (χ4n) is 1.80. The number of aromatic nitrogens is 1. The highest BCUT2D eigenvalue weighted by Crippen LogP contribution is 2.18. The second kappa shape index (κ2) is 7.95. The van der Waals surface area contributed by atoms with Crippen molar-refractivity contribution >= 4 is 40.9 Å². The molecular formula is C15H16N2O3S2. The van der Waals surface area contributed by atoms with Crippen LogP contribution in [-0.2, 0) is 10.5 Å². The summed E-state index contributed by atoms with van der Waals surface area (Å²) < 4.78 is 4.09. The number of amides is 1. The minimum atomic E-state index is -0.784. The molecule has 2 rings (SSSR count). The number of carbonyl (C=O) groups excluding carboxylic acids is 1. The zero-order valence-corrected chi connectivity index (χ0v) is 13.7. The van der Waals surface area contributed by atoms with Gasteiger partial charge in [0.2, 0.25) is 0 Å². The number of nitrogens with one attached hydrogen (secondary N) is 1. The second-order valence-corrected chi connectivity index (χ2v) is 6.40. The largest absolute Gasteiger partial charge is 0.481 e. The fourth-order valence-corrected chi connectivity index (χ4v) is 3.37. The predicted octanol–water partition coefficient (Wildman–Crippen LogP) is 3.41. The van der Waals surface area contributed by atoms with Gasteiger partial charge >= 0.3 is 5.97 Å². The van der Waals surface area contributed by atoms with Crippen LogP contribution in [0.2, 0.25) is 0 Å². The van der Waals surface area contributed by atoms with Gasteiger partial charge in [-0.2, -0.15) is 16.1 Å². The van der Waals surface area contributed by atoms with E-state index in [1.165, 1.54) is 11.5 Å². The molecule has 0 unspecified atom stereocenters. The molecule has 2 N–H and O–H groups in total.